The summed E-state index contributed by atoms with van der Waals surface area (Å²) >= 11 is 11.3. The molecular formula is C15H14Cl2NO3-. The average molecular weight is 327 g/mol. The van der Waals surface area contributed by atoms with E-state index >= 15 is 0 Å². The predicted molar refractivity (Wildman–Crippen MR) is 80.0 cm³/mol. The summed E-state index contributed by atoms with van der Waals surface area (Å²) in [4.78, 5) is 23.1. The largest absolute Gasteiger partial charge is 0.545 e. The van der Waals surface area contributed by atoms with Gasteiger partial charge in [-0.25, -0.2) is 0 Å². The lowest BCUT2D eigenvalue weighted by atomic mass is 10.1. The van der Waals surface area contributed by atoms with E-state index in [9.17, 15) is 14.7 Å². The van der Waals surface area contributed by atoms with Gasteiger partial charge in [-0.1, -0.05) is 49.2 Å². The van der Waals surface area contributed by atoms with Crippen molar-refractivity contribution in [1.29, 1.82) is 0 Å². The minimum Gasteiger partial charge on any atom is -0.545 e. The van der Waals surface area contributed by atoms with Crippen LogP contribution in [0.1, 0.15) is 24.2 Å². The molecule has 1 aromatic carbocycles. The van der Waals surface area contributed by atoms with Crippen molar-refractivity contribution in [2.24, 2.45) is 17.3 Å². The number of benzene rings is 1. The number of rotatable bonds is 4. The van der Waals surface area contributed by atoms with Gasteiger partial charge in [-0.3, -0.25) is 4.79 Å². The molecule has 1 aliphatic rings. The second-order valence-electron chi connectivity index (χ2n) is 5.64. The van der Waals surface area contributed by atoms with Crippen LogP contribution in [-0.2, 0) is 4.79 Å². The van der Waals surface area contributed by atoms with Gasteiger partial charge in [0.05, 0.1) is 11.9 Å². The minimum atomic E-state index is -1.28. The van der Waals surface area contributed by atoms with Gasteiger partial charge in [-0.2, -0.15) is 0 Å². The maximum Gasteiger partial charge on any atom is 0.228 e. The van der Waals surface area contributed by atoms with Crippen LogP contribution in [-0.4, -0.2) is 11.9 Å². The number of aromatic carboxylic acids is 1. The van der Waals surface area contributed by atoms with E-state index in [0.29, 0.717) is 5.69 Å². The molecular weight excluding hydrogens is 313 g/mol. The Morgan fingerprint density at radius 1 is 1.33 bits per heavy atom. The van der Waals surface area contributed by atoms with Crippen molar-refractivity contribution >= 4 is 40.8 Å². The Hall–Kier alpha value is -1.52. The van der Waals surface area contributed by atoms with Gasteiger partial charge in [-0.15, -0.1) is 0 Å². The van der Waals surface area contributed by atoms with Crippen molar-refractivity contribution in [2.45, 2.75) is 13.8 Å². The highest BCUT2D eigenvalue weighted by atomic mass is 35.5. The summed E-state index contributed by atoms with van der Waals surface area (Å²) in [5.41, 5.74) is 0.206. The van der Waals surface area contributed by atoms with Crippen LogP contribution in [0.4, 0.5) is 5.69 Å². The van der Waals surface area contributed by atoms with E-state index in [1.165, 1.54) is 12.1 Å². The van der Waals surface area contributed by atoms with Crippen molar-refractivity contribution in [3.8, 4) is 0 Å². The van der Waals surface area contributed by atoms with Crippen LogP contribution in [0.5, 0.6) is 0 Å². The Morgan fingerprint density at radius 2 is 2.00 bits per heavy atom. The Balaban J connectivity index is 2.11. The quantitative estimate of drug-likeness (QED) is 0.924. The summed E-state index contributed by atoms with van der Waals surface area (Å²) in [6, 6.07) is 5.94. The SMILES string of the molecule is CC1(C)[C@@H](C=C(Cl)Cl)[C@@H]1C(=O)Nc1cccc(C(=O)[O-])c1. The third-order valence-corrected chi connectivity index (χ3v) is 4.12. The molecule has 0 saturated heterocycles. The first-order valence-electron chi connectivity index (χ1n) is 6.38. The molecule has 1 aliphatic carbocycles. The normalized spacial score (nSPS) is 22.3. The predicted octanol–water partition coefficient (Wildman–Crippen LogP) is 2.58. The standard InChI is InChI=1S/C15H15Cl2NO3/c1-15(2)10(7-11(16)17)12(15)13(19)18-9-5-3-4-8(6-9)14(20)21/h3-7,10,12H,1-2H3,(H,18,19)(H,20,21)/p-1/t10-,12+/m0/s1. The monoisotopic (exact) mass is 326 g/mol. The molecule has 1 saturated carbocycles. The Morgan fingerprint density at radius 3 is 2.57 bits per heavy atom. The summed E-state index contributed by atoms with van der Waals surface area (Å²) in [6.07, 6.45) is 1.66. The van der Waals surface area contributed by atoms with Crippen LogP contribution in [0.15, 0.2) is 34.8 Å². The Labute approximate surface area is 132 Å². The number of amides is 1. The zero-order valence-electron chi connectivity index (χ0n) is 11.5. The van der Waals surface area contributed by atoms with E-state index in [1.54, 1.807) is 18.2 Å². The highest BCUT2D eigenvalue weighted by Gasteiger charge is 2.60. The summed E-state index contributed by atoms with van der Waals surface area (Å²) in [7, 11) is 0. The van der Waals surface area contributed by atoms with E-state index < -0.39 is 5.97 Å². The van der Waals surface area contributed by atoms with Crippen LogP contribution in [0.3, 0.4) is 0 Å². The zero-order valence-corrected chi connectivity index (χ0v) is 13.0. The lowest BCUT2D eigenvalue weighted by molar-refractivity contribution is -0.255. The van der Waals surface area contributed by atoms with Gasteiger partial charge in [0.15, 0.2) is 0 Å². The molecule has 1 fully saturated rings. The fraction of sp³-hybridized carbons (Fsp3) is 0.333. The molecule has 4 nitrogen and oxygen atoms in total. The van der Waals surface area contributed by atoms with E-state index in [0.717, 1.165) is 0 Å². The summed E-state index contributed by atoms with van der Waals surface area (Å²) in [5.74, 6) is -1.76. The van der Waals surface area contributed by atoms with Crippen molar-refractivity contribution in [1.82, 2.24) is 0 Å². The van der Waals surface area contributed by atoms with E-state index in [1.807, 2.05) is 13.8 Å². The number of carboxylic acid groups (broad SMARTS) is 1. The van der Waals surface area contributed by atoms with Crippen LogP contribution in [0, 0.1) is 17.3 Å². The van der Waals surface area contributed by atoms with E-state index in [4.69, 9.17) is 23.2 Å². The lowest BCUT2D eigenvalue weighted by Gasteiger charge is -2.08. The smallest absolute Gasteiger partial charge is 0.228 e. The second-order valence-corrected chi connectivity index (χ2v) is 6.65. The number of carbonyl (C=O) groups excluding carboxylic acids is 2. The number of anilines is 1. The van der Waals surface area contributed by atoms with Gasteiger partial charge in [0, 0.05) is 5.69 Å². The topological polar surface area (TPSA) is 69.2 Å². The molecule has 1 N–H and O–H groups in total. The summed E-state index contributed by atoms with van der Waals surface area (Å²) < 4.78 is 0.141. The molecule has 0 spiro atoms. The Bertz CT molecular complexity index is 621. The molecule has 112 valence electrons. The fourth-order valence-corrected chi connectivity index (χ4v) is 2.84. The first kappa shape index (κ1) is 15.9. The molecule has 0 radical (unpaired) electrons. The minimum absolute atomic E-state index is 0.0168. The average Bonchev–Trinajstić information content (AvgIpc) is 2.90. The molecule has 1 aromatic rings. The number of halogens is 2. The number of hydrogen-bond acceptors (Lipinski definition) is 3. The highest BCUT2D eigenvalue weighted by molar-refractivity contribution is 6.55. The van der Waals surface area contributed by atoms with Gasteiger partial charge in [0.1, 0.15) is 4.49 Å². The van der Waals surface area contributed by atoms with Crippen molar-refractivity contribution in [2.75, 3.05) is 5.32 Å². The van der Waals surface area contributed by atoms with Crippen molar-refractivity contribution < 1.29 is 14.7 Å². The van der Waals surface area contributed by atoms with Gasteiger partial charge >= 0.3 is 0 Å². The maximum atomic E-state index is 12.3. The maximum absolute atomic E-state index is 12.3. The fourth-order valence-electron chi connectivity index (χ4n) is 2.57. The number of hydrogen-bond donors (Lipinski definition) is 1. The van der Waals surface area contributed by atoms with Crippen molar-refractivity contribution in [3.63, 3.8) is 0 Å². The molecule has 6 heteroatoms. The van der Waals surface area contributed by atoms with Gasteiger partial charge in [-0.05, 0) is 35.1 Å². The van der Waals surface area contributed by atoms with Gasteiger partial charge < -0.3 is 15.2 Å². The van der Waals surface area contributed by atoms with Crippen molar-refractivity contribution in [3.05, 3.63) is 40.4 Å². The first-order valence-corrected chi connectivity index (χ1v) is 7.14. The number of allylic oxidation sites excluding steroid dienone is 1. The van der Waals surface area contributed by atoms with E-state index in [-0.39, 0.29) is 33.2 Å². The molecule has 1 amide bonds. The molecule has 0 heterocycles. The van der Waals surface area contributed by atoms with Crippen LogP contribution in [0.2, 0.25) is 0 Å². The van der Waals surface area contributed by atoms with Gasteiger partial charge in [0.25, 0.3) is 0 Å². The van der Waals surface area contributed by atoms with Crippen LogP contribution in [0.25, 0.3) is 0 Å². The number of nitrogens with one attached hydrogen (secondary N) is 1. The molecule has 2 rings (SSSR count). The summed E-state index contributed by atoms with van der Waals surface area (Å²) in [5, 5.41) is 13.5. The lowest BCUT2D eigenvalue weighted by Crippen LogP contribution is -2.22. The van der Waals surface area contributed by atoms with Crippen LogP contribution < -0.4 is 10.4 Å². The molecule has 0 bridgehead atoms. The molecule has 0 unspecified atom stereocenters. The molecule has 2 atom stereocenters. The Kier molecular flexibility index (Phi) is 4.30. The zero-order chi connectivity index (χ0) is 15.8. The molecule has 0 aliphatic heterocycles. The number of carbonyl (C=O) groups is 2. The third kappa shape index (κ3) is 3.39. The highest BCUT2D eigenvalue weighted by Crippen LogP contribution is 2.59. The van der Waals surface area contributed by atoms with Gasteiger partial charge in [0.2, 0.25) is 5.91 Å². The molecule has 0 aromatic heterocycles. The summed E-state index contributed by atoms with van der Waals surface area (Å²) in [6.45, 7) is 3.90. The van der Waals surface area contributed by atoms with Crippen LogP contribution >= 0.6 is 23.2 Å². The number of carboxylic acids is 1. The first-order chi connectivity index (χ1) is 9.73. The molecule has 21 heavy (non-hydrogen) atoms. The second kappa shape index (κ2) is 5.70. The third-order valence-electron chi connectivity index (χ3n) is 3.86. The van der Waals surface area contributed by atoms with E-state index in [2.05, 4.69) is 5.32 Å².